The third-order valence-corrected chi connectivity index (χ3v) is 0. The van der Waals surface area contributed by atoms with Crippen LogP contribution in [0.15, 0.2) is 0 Å². The summed E-state index contributed by atoms with van der Waals surface area (Å²) in [5.74, 6) is 0. The molecule has 0 atom stereocenters. The normalized spacial score (nSPS) is 6.00. The van der Waals surface area contributed by atoms with Crippen LogP contribution in [0.2, 0.25) is 0 Å². The molecule has 0 saturated heterocycles. The predicted molar refractivity (Wildman–Crippen MR) is 32.4 cm³/mol. The van der Waals surface area contributed by atoms with E-state index in [1.54, 1.807) is 0 Å². The molecule has 5 heteroatoms. The van der Waals surface area contributed by atoms with Gasteiger partial charge in [0, 0.05) is 0 Å². The summed E-state index contributed by atoms with van der Waals surface area (Å²) in [7, 11) is 0. The molecule has 0 spiro atoms. The maximum absolute atomic E-state index is 4.81. The second-order valence-corrected chi connectivity index (χ2v) is 2.23. The number of hydrogen-bond donors (Lipinski definition) is 0. The van der Waals surface area contributed by atoms with E-state index in [1.807, 2.05) is 0 Å². The molecule has 0 radical (unpaired) electrons. The molecular formula is CH5AlCl3Na. The molecule has 0 fully saturated rings. The molecule has 0 rings (SSSR count). The molecule has 0 amide bonds. The largest absolute Gasteiger partial charge is 1.00 e. The second-order valence-electron chi connectivity index (χ2n) is 0.247. The predicted octanol–water partition coefficient (Wildman–Crippen LogP) is -2.08. The Hall–Kier alpha value is 2.40. The van der Waals surface area contributed by atoms with Crippen LogP contribution in [-0.2, 0) is 0 Å². The molecule has 0 unspecified atom stereocenters. The van der Waals surface area contributed by atoms with Gasteiger partial charge in [-0.05, 0) is 0 Å². The minimum absolute atomic E-state index is 0. The second kappa shape index (κ2) is 10.4. The molecule has 0 aromatic rings. The smallest absolute Gasteiger partial charge is 1.00 e. The molecule has 0 aliphatic rings. The number of halogens is 3. The minimum Gasteiger partial charge on any atom is -1.00 e. The van der Waals surface area contributed by atoms with Crippen LogP contribution in [0.25, 0.3) is 0 Å². The molecule has 0 bridgehead atoms. The molecule has 0 aliphatic heterocycles. The van der Waals surface area contributed by atoms with Crippen LogP contribution in [0.4, 0.5) is 0 Å². The van der Waals surface area contributed by atoms with E-state index in [2.05, 4.69) is 0 Å². The fourth-order valence-electron chi connectivity index (χ4n) is 0. The van der Waals surface area contributed by atoms with Crippen LogP contribution in [0.1, 0.15) is 1.43 Å². The molecule has 0 saturated carbocycles. The van der Waals surface area contributed by atoms with E-state index in [0.717, 1.165) is 0 Å². The van der Waals surface area contributed by atoms with Gasteiger partial charge in [0.2, 0.25) is 0 Å². The van der Waals surface area contributed by atoms with Gasteiger partial charge in [0.1, 0.15) is 0 Å². The van der Waals surface area contributed by atoms with Crippen LogP contribution < -0.4 is 29.6 Å². The average Bonchev–Trinajstić information content (AvgIpc) is 0.811. The Bertz CT molecular complexity index is 19.7. The topological polar surface area (TPSA) is 0 Å². The van der Waals surface area contributed by atoms with Crippen molar-refractivity contribution < 1.29 is 31.0 Å². The van der Waals surface area contributed by atoms with E-state index in [9.17, 15) is 0 Å². The Labute approximate surface area is 86.4 Å². The van der Waals surface area contributed by atoms with Crippen molar-refractivity contribution in [2.24, 2.45) is 0 Å². The van der Waals surface area contributed by atoms with E-state index in [4.69, 9.17) is 34.8 Å². The Morgan fingerprint density at radius 3 is 1.17 bits per heavy atom. The van der Waals surface area contributed by atoms with Crippen molar-refractivity contribution in [3.05, 3.63) is 0 Å². The monoisotopic (exact) mass is 172 g/mol. The quantitative estimate of drug-likeness (QED) is 0.291. The van der Waals surface area contributed by atoms with E-state index in [0.29, 0.717) is 0 Å². The summed E-state index contributed by atoms with van der Waals surface area (Å²) in [6.45, 7) is 0. The third-order valence-electron chi connectivity index (χ3n) is 0. The zero-order valence-electron chi connectivity index (χ0n) is 3.71. The van der Waals surface area contributed by atoms with Crippen molar-refractivity contribution in [3.8, 4) is 0 Å². The van der Waals surface area contributed by atoms with E-state index in [1.165, 1.54) is 0 Å². The van der Waals surface area contributed by atoms with Gasteiger partial charge in [-0.3, -0.25) is 0 Å². The van der Waals surface area contributed by atoms with Crippen LogP contribution in [0, 0.1) is 0 Å². The Morgan fingerprint density at radius 2 is 1.17 bits per heavy atom. The molecule has 0 heterocycles. The van der Waals surface area contributed by atoms with Crippen molar-refractivity contribution in [1.29, 1.82) is 0 Å². The van der Waals surface area contributed by atoms with Crippen molar-refractivity contribution in [3.63, 3.8) is 0 Å². The first-order valence-corrected chi connectivity index (χ1v) is 1.96. The first kappa shape index (κ1) is 15.8. The van der Waals surface area contributed by atoms with Crippen molar-refractivity contribution in [2.75, 3.05) is 0 Å². The number of alkyl halides is 3. The fourth-order valence-corrected chi connectivity index (χ4v) is 0. The summed E-state index contributed by atoms with van der Waals surface area (Å²) in [6.07, 6.45) is 0. The SMILES string of the molecule is ClC(Cl)Cl.[AlH3].[H-].[Na+]. The number of hydrogen-bond acceptors (Lipinski definition) is 0. The minimum atomic E-state index is -0.750. The molecule has 0 aromatic carbocycles. The Kier molecular flexibility index (Phi) is 27.3. The zero-order chi connectivity index (χ0) is 3.58. The van der Waals surface area contributed by atoms with Gasteiger partial charge in [0.25, 0.3) is 0 Å². The average molecular weight is 173 g/mol. The molecule has 0 aromatic heterocycles. The molecule has 0 aliphatic carbocycles. The molecular weight excluding hydrogens is 168 g/mol. The zero-order valence-corrected chi connectivity index (χ0v) is 6.98. The van der Waals surface area contributed by atoms with E-state index < -0.39 is 4.30 Å². The molecule has 0 N–H and O–H groups in total. The van der Waals surface area contributed by atoms with Crippen LogP contribution in [0.5, 0.6) is 0 Å². The summed E-state index contributed by atoms with van der Waals surface area (Å²) in [4.78, 5) is 0. The Balaban J connectivity index is -0.0000000150. The number of rotatable bonds is 0. The van der Waals surface area contributed by atoms with Gasteiger partial charge >= 0.3 is 29.6 Å². The molecule has 6 heavy (non-hydrogen) atoms. The molecule has 0 nitrogen and oxygen atoms in total. The van der Waals surface area contributed by atoms with Gasteiger partial charge in [0.05, 0.1) is 0 Å². The van der Waals surface area contributed by atoms with Crippen molar-refractivity contribution in [1.82, 2.24) is 0 Å². The van der Waals surface area contributed by atoms with Crippen molar-refractivity contribution >= 4 is 52.2 Å². The van der Waals surface area contributed by atoms with Crippen molar-refractivity contribution in [2.45, 2.75) is 4.30 Å². The summed E-state index contributed by atoms with van der Waals surface area (Å²) in [6, 6.07) is 0. The first-order valence-electron chi connectivity index (χ1n) is 0.655. The van der Waals surface area contributed by atoms with Crippen LogP contribution in [-0.4, -0.2) is 21.7 Å². The van der Waals surface area contributed by atoms with Gasteiger partial charge < -0.3 is 1.43 Å². The van der Waals surface area contributed by atoms with Gasteiger partial charge in [-0.1, -0.05) is 34.8 Å². The first-order chi connectivity index (χ1) is 1.73. The Morgan fingerprint density at radius 1 is 1.17 bits per heavy atom. The van der Waals surface area contributed by atoms with Gasteiger partial charge in [-0.2, -0.15) is 0 Å². The summed E-state index contributed by atoms with van der Waals surface area (Å²) in [5, 5.41) is 0. The summed E-state index contributed by atoms with van der Waals surface area (Å²) < 4.78 is -0.750. The van der Waals surface area contributed by atoms with Gasteiger partial charge in [0.15, 0.2) is 21.7 Å². The van der Waals surface area contributed by atoms with E-state index in [-0.39, 0.29) is 48.3 Å². The van der Waals surface area contributed by atoms with Crippen LogP contribution >= 0.6 is 34.8 Å². The fraction of sp³-hybridized carbons (Fsp3) is 1.00. The van der Waals surface area contributed by atoms with Crippen LogP contribution in [0.3, 0.4) is 0 Å². The van der Waals surface area contributed by atoms with E-state index >= 15 is 0 Å². The third kappa shape index (κ3) is 32.4. The van der Waals surface area contributed by atoms with Gasteiger partial charge in [-0.15, -0.1) is 0 Å². The standard InChI is InChI=1S/CHCl3.Al.Na.4H/c2-1(3)4;;;;;;/h1H;;;;;;/q;;+1;;;;-1. The summed E-state index contributed by atoms with van der Waals surface area (Å²) >= 11 is 14.4. The molecule has 34 valence electrons. The summed E-state index contributed by atoms with van der Waals surface area (Å²) in [5.41, 5.74) is 0. The van der Waals surface area contributed by atoms with Gasteiger partial charge in [-0.25, -0.2) is 0 Å². The maximum atomic E-state index is 4.81. The maximum Gasteiger partial charge on any atom is 1.00 e.